The first-order valence-electron chi connectivity index (χ1n) is 8.37. The summed E-state index contributed by atoms with van der Waals surface area (Å²) in [5.41, 5.74) is 2.10. The van der Waals surface area contributed by atoms with E-state index in [9.17, 15) is 8.42 Å². The first-order valence-corrected chi connectivity index (χ1v) is 10.2. The maximum absolute atomic E-state index is 11.9. The molecule has 5 nitrogen and oxygen atoms in total. The average molecular weight is 343 g/mol. The van der Waals surface area contributed by atoms with E-state index in [1.807, 2.05) is 24.4 Å². The lowest BCUT2D eigenvalue weighted by molar-refractivity contribution is 0.269. The summed E-state index contributed by atoms with van der Waals surface area (Å²) in [5.74, 6) is 1.62. The first-order chi connectivity index (χ1) is 11.6. The summed E-state index contributed by atoms with van der Waals surface area (Å²) >= 11 is 0. The van der Waals surface area contributed by atoms with Gasteiger partial charge in [0.05, 0.1) is 11.5 Å². The maximum Gasteiger partial charge on any atom is 0.150 e. The minimum Gasteiger partial charge on any atom is -0.356 e. The molecule has 1 unspecified atom stereocenters. The number of anilines is 1. The predicted octanol–water partition coefficient (Wildman–Crippen LogP) is 2.55. The Kier molecular flexibility index (Phi) is 3.79. The zero-order valence-corrected chi connectivity index (χ0v) is 14.4. The van der Waals surface area contributed by atoms with Crippen molar-refractivity contribution in [3.05, 3.63) is 42.9 Å². The molecule has 0 saturated carbocycles. The van der Waals surface area contributed by atoms with Crippen LogP contribution in [0.15, 0.2) is 42.9 Å². The number of hydrogen-bond donors (Lipinski definition) is 0. The highest BCUT2D eigenvalue weighted by molar-refractivity contribution is 7.91. The maximum atomic E-state index is 11.9. The van der Waals surface area contributed by atoms with Gasteiger partial charge in [0, 0.05) is 42.7 Å². The van der Waals surface area contributed by atoms with Gasteiger partial charge in [-0.2, -0.15) is 0 Å². The molecule has 6 heteroatoms. The minimum absolute atomic E-state index is 0.0669. The van der Waals surface area contributed by atoms with Crippen LogP contribution in [0.1, 0.15) is 19.3 Å². The van der Waals surface area contributed by atoms with E-state index in [4.69, 9.17) is 0 Å². The minimum atomic E-state index is -2.86. The highest BCUT2D eigenvalue weighted by Gasteiger charge is 2.44. The Labute approximate surface area is 142 Å². The van der Waals surface area contributed by atoms with Crippen molar-refractivity contribution in [2.24, 2.45) is 5.41 Å². The second-order valence-electron chi connectivity index (χ2n) is 7.01. The van der Waals surface area contributed by atoms with Gasteiger partial charge in [0.15, 0.2) is 9.84 Å². The van der Waals surface area contributed by atoms with Crippen LogP contribution in [0, 0.1) is 5.41 Å². The van der Waals surface area contributed by atoms with Crippen molar-refractivity contribution in [1.82, 2.24) is 9.97 Å². The van der Waals surface area contributed by atoms with E-state index in [0.29, 0.717) is 11.5 Å². The lowest BCUT2D eigenvalue weighted by Gasteiger charge is -2.40. The van der Waals surface area contributed by atoms with E-state index in [0.717, 1.165) is 49.3 Å². The van der Waals surface area contributed by atoms with Gasteiger partial charge in [0.2, 0.25) is 0 Å². The fraction of sp³-hybridized carbons (Fsp3) is 0.444. The van der Waals surface area contributed by atoms with Gasteiger partial charge in [-0.25, -0.2) is 13.4 Å². The topological polar surface area (TPSA) is 63.2 Å². The normalized spacial score (nSPS) is 25.9. The number of aromatic nitrogens is 2. The third kappa shape index (κ3) is 3.02. The molecule has 126 valence electrons. The summed E-state index contributed by atoms with van der Waals surface area (Å²) in [6.45, 7) is 1.75. The van der Waals surface area contributed by atoms with Gasteiger partial charge < -0.3 is 4.90 Å². The molecule has 0 bridgehead atoms. The average Bonchev–Trinajstić information content (AvgIpc) is 2.90. The van der Waals surface area contributed by atoms with Crippen molar-refractivity contribution < 1.29 is 8.42 Å². The molecule has 4 rings (SSSR count). The zero-order chi connectivity index (χ0) is 16.6. The molecule has 24 heavy (non-hydrogen) atoms. The summed E-state index contributed by atoms with van der Waals surface area (Å²) in [5, 5.41) is 0. The zero-order valence-electron chi connectivity index (χ0n) is 13.6. The van der Waals surface area contributed by atoms with Gasteiger partial charge in [0.25, 0.3) is 0 Å². The summed E-state index contributed by atoms with van der Waals surface area (Å²) in [6.07, 6.45) is 8.27. The Morgan fingerprint density at radius 3 is 2.54 bits per heavy atom. The molecule has 4 heterocycles. The van der Waals surface area contributed by atoms with Gasteiger partial charge in [-0.05, 0) is 49.1 Å². The Morgan fingerprint density at radius 2 is 1.88 bits per heavy atom. The second kappa shape index (κ2) is 5.84. The van der Waals surface area contributed by atoms with Crippen LogP contribution in [0.3, 0.4) is 0 Å². The Balaban J connectivity index is 1.54. The van der Waals surface area contributed by atoms with Crippen LogP contribution >= 0.6 is 0 Å². The van der Waals surface area contributed by atoms with Crippen LogP contribution in [0.25, 0.3) is 11.1 Å². The van der Waals surface area contributed by atoms with E-state index in [1.165, 1.54) is 0 Å². The molecule has 2 fully saturated rings. The largest absolute Gasteiger partial charge is 0.356 e. The molecule has 1 atom stereocenters. The molecule has 2 aliphatic heterocycles. The van der Waals surface area contributed by atoms with Gasteiger partial charge in [0.1, 0.15) is 5.82 Å². The van der Waals surface area contributed by atoms with E-state index < -0.39 is 9.84 Å². The molecule has 0 N–H and O–H groups in total. The van der Waals surface area contributed by atoms with E-state index in [-0.39, 0.29) is 5.41 Å². The molecule has 1 spiro atoms. The lowest BCUT2D eigenvalue weighted by Crippen LogP contribution is -2.44. The molecular formula is C18H21N3O2S. The smallest absolute Gasteiger partial charge is 0.150 e. The summed E-state index contributed by atoms with van der Waals surface area (Å²) in [4.78, 5) is 10.9. The van der Waals surface area contributed by atoms with Gasteiger partial charge in [-0.15, -0.1) is 0 Å². The standard InChI is InChI=1S/C18H21N3O2S/c22-24(23)11-7-18(14-24)6-1-10-21(13-18)17-3-2-16(12-20-17)15-4-8-19-9-5-15/h2-5,8-9,12H,1,6-7,10-11,13-14H2. The molecule has 0 aromatic carbocycles. The first kappa shape index (κ1) is 15.6. The fourth-order valence-corrected chi connectivity index (χ4v) is 6.20. The van der Waals surface area contributed by atoms with Crippen LogP contribution in [-0.2, 0) is 9.84 Å². The van der Waals surface area contributed by atoms with Crippen LogP contribution in [0.5, 0.6) is 0 Å². The quantitative estimate of drug-likeness (QED) is 0.838. The predicted molar refractivity (Wildman–Crippen MR) is 94.6 cm³/mol. The third-order valence-corrected chi connectivity index (χ3v) is 7.09. The summed E-state index contributed by atoms with van der Waals surface area (Å²) < 4.78 is 23.8. The molecule has 2 saturated heterocycles. The van der Waals surface area contributed by atoms with E-state index in [2.05, 4.69) is 20.9 Å². The molecule has 2 aromatic rings. The van der Waals surface area contributed by atoms with Gasteiger partial charge >= 0.3 is 0 Å². The fourth-order valence-electron chi connectivity index (χ4n) is 4.00. The highest BCUT2D eigenvalue weighted by Crippen LogP contribution is 2.41. The van der Waals surface area contributed by atoms with Crippen molar-refractivity contribution in [3.63, 3.8) is 0 Å². The molecule has 0 radical (unpaired) electrons. The SMILES string of the molecule is O=S1(=O)CCC2(CCCN(c3ccc(-c4ccncc4)cn3)C2)C1. The number of sulfone groups is 1. The Hall–Kier alpha value is -1.95. The number of pyridine rings is 2. The molecule has 0 aliphatic carbocycles. The van der Waals surface area contributed by atoms with Crippen molar-refractivity contribution in [2.75, 3.05) is 29.5 Å². The number of piperidine rings is 1. The molecular weight excluding hydrogens is 322 g/mol. The van der Waals surface area contributed by atoms with Gasteiger partial charge in [-0.3, -0.25) is 4.98 Å². The van der Waals surface area contributed by atoms with Crippen LogP contribution < -0.4 is 4.90 Å². The van der Waals surface area contributed by atoms with Crippen molar-refractivity contribution in [3.8, 4) is 11.1 Å². The van der Waals surface area contributed by atoms with E-state index in [1.54, 1.807) is 12.4 Å². The van der Waals surface area contributed by atoms with Crippen LogP contribution in [-0.4, -0.2) is 43.0 Å². The second-order valence-corrected chi connectivity index (χ2v) is 9.19. The Bertz CT molecular complexity index is 821. The Morgan fingerprint density at radius 1 is 1.04 bits per heavy atom. The molecule has 0 amide bonds. The van der Waals surface area contributed by atoms with E-state index >= 15 is 0 Å². The monoisotopic (exact) mass is 343 g/mol. The molecule has 2 aromatic heterocycles. The van der Waals surface area contributed by atoms with Crippen molar-refractivity contribution in [2.45, 2.75) is 19.3 Å². The third-order valence-electron chi connectivity index (χ3n) is 5.22. The number of rotatable bonds is 2. The van der Waals surface area contributed by atoms with Crippen molar-refractivity contribution >= 4 is 15.7 Å². The van der Waals surface area contributed by atoms with Crippen LogP contribution in [0.4, 0.5) is 5.82 Å². The number of nitrogens with zero attached hydrogens (tertiary/aromatic N) is 3. The van der Waals surface area contributed by atoms with Gasteiger partial charge in [-0.1, -0.05) is 0 Å². The van der Waals surface area contributed by atoms with Crippen molar-refractivity contribution in [1.29, 1.82) is 0 Å². The highest BCUT2D eigenvalue weighted by atomic mass is 32.2. The summed E-state index contributed by atoms with van der Waals surface area (Å²) in [7, 11) is -2.86. The summed E-state index contributed by atoms with van der Waals surface area (Å²) in [6, 6.07) is 8.05. The number of hydrogen-bond acceptors (Lipinski definition) is 5. The van der Waals surface area contributed by atoms with Crippen LogP contribution in [0.2, 0.25) is 0 Å². The lowest BCUT2D eigenvalue weighted by atomic mass is 9.79. The molecule has 2 aliphatic rings.